The molecule has 0 radical (unpaired) electrons. The van der Waals surface area contributed by atoms with Crippen LogP contribution in [0.25, 0.3) is 0 Å². The van der Waals surface area contributed by atoms with Crippen LogP contribution in [0.2, 0.25) is 0 Å². The molecule has 18 heteroatoms. The van der Waals surface area contributed by atoms with Crippen molar-refractivity contribution in [3.63, 3.8) is 0 Å². The number of rotatable bonds is 12. The summed E-state index contributed by atoms with van der Waals surface area (Å²) >= 11 is 0.857. The van der Waals surface area contributed by atoms with Gasteiger partial charge in [-0.2, -0.15) is 9.49 Å². The number of nitrogens with one attached hydrogen (secondary N) is 2. The third-order valence-electron chi connectivity index (χ3n) is 8.77. The molecule has 0 bridgehead atoms. The minimum Gasteiger partial charge on any atom is -0.490 e. The van der Waals surface area contributed by atoms with Gasteiger partial charge in [0.05, 0.1) is 26.6 Å². The van der Waals surface area contributed by atoms with Gasteiger partial charge in [-0.1, -0.05) is 12.1 Å². The maximum atomic E-state index is 15.8. The largest absolute Gasteiger partial charge is 0.490 e. The average molecular weight is 745 g/mol. The molecule has 0 saturated carbocycles. The van der Waals surface area contributed by atoms with Gasteiger partial charge in [-0.15, -0.1) is 0 Å². The lowest BCUT2D eigenvalue weighted by atomic mass is 9.93. The molecule has 2 N–H and O–H groups in total. The molecule has 51 heavy (non-hydrogen) atoms. The zero-order valence-corrected chi connectivity index (χ0v) is 30.5. The zero-order chi connectivity index (χ0) is 37.2. The normalized spacial score (nSPS) is 14.0. The van der Waals surface area contributed by atoms with Crippen molar-refractivity contribution in [2.45, 2.75) is 59.7 Å². The molecule has 0 aliphatic carbocycles. The summed E-state index contributed by atoms with van der Waals surface area (Å²) in [7, 11) is 0.482. The Hall–Kier alpha value is -4.84. The van der Waals surface area contributed by atoms with Gasteiger partial charge in [-0.05, 0) is 69.5 Å². The van der Waals surface area contributed by atoms with Crippen molar-refractivity contribution in [3.8, 4) is 5.75 Å². The number of hydrogen-bond acceptors (Lipinski definition) is 12. The van der Waals surface area contributed by atoms with E-state index in [4.69, 9.17) is 9.72 Å². The summed E-state index contributed by atoms with van der Waals surface area (Å²) < 4.78 is 62.1. The van der Waals surface area contributed by atoms with E-state index in [1.54, 1.807) is 25.1 Å². The molecule has 14 nitrogen and oxygen atoms in total. The second-order valence-electron chi connectivity index (χ2n) is 12.8. The van der Waals surface area contributed by atoms with Gasteiger partial charge >= 0.3 is 5.69 Å². The number of aromatic amines is 1. The Morgan fingerprint density at radius 1 is 1.18 bits per heavy atom. The van der Waals surface area contributed by atoms with E-state index in [0.29, 0.717) is 36.9 Å². The van der Waals surface area contributed by atoms with Crippen molar-refractivity contribution >= 4 is 50.6 Å². The number of carbonyl (C=O) groups is 1. The van der Waals surface area contributed by atoms with Gasteiger partial charge in [0.1, 0.15) is 5.82 Å². The molecule has 1 saturated heterocycles. The number of aryl methyl sites for hydroxylation is 1. The van der Waals surface area contributed by atoms with E-state index in [1.807, 2.05) is 11.8 Å². The fourth-order valence-corrected chi connectivity index (χ4v) is 8.03. The molecule has 1 aliphatic rings. The third-order valence-corrected chi connectivity index (χ3v) is 12.1. The summed E-state index contributed by atoms with van der Waals surface area (Å²) in [5.74, 6) is -0.420. The number of H-pyrrole nitrogens is 1. The number of aromatic nitrogens is 4. The average Bonchev–Trinajstić information content (AvgIpc) is 3.49. The minimum atomic E-state index is -4.47. The van der Waals surface area contributed by atoms with Crippen LogP contribution in [-0.2, 0) is 19.4 Å². The molecule has 3 heterocycles. The predicted molar refractivity (Wildman–Crippen MR) is 187 cm³/mol. The first-order valence-electron chi connectivity index (χ1n) is 15.9. The van der Waals surface area contributed by atoms with Crippen molar-refractivity contribution in [2.75, 3.05) is 44.5 Å². The summed E-state index contributed by atoms with van der Waals surface area (Å²) in [6, 6.07) is 8.33. The fourth-order valence-electron chi connectivity index (χ4n) is 5.73. The lowest BCUT2D eigenvalue weighted by molar-refractivity contribution is -0.387. The van der Waals surface area contributed by atoms with E-state index in [-0.39, 0.29) is 27.7 Å². The first-order valence-corrected chi connectivity index (χ1v) is 18.2. The van der Waals surface area contributed by atoms with E-state index in [0.717, 1.165) is 48.5 Å². The van der Waals surface area contributed by atoms with E-state index in [1.165, 1.54) is 39.2 Å². The SMILES string of the molecule is COc1c(Nc2cc(C)[nH]n2)nc(Sc2ccc(S(=O)(=O)C(C)(C)c3cccc([N+](=O)[O-])c3F)cc2F)nc1N1CCC(CC(=O)N(C)C)CC1. The lowest BCUT2D eigenvalue weighted by Gasteiger charge is -2.34. The molecular formula is C33H38F2N8O6S2. The van der Waals surface area contributed by atoms with Crippen LogP contribution in [0.4, 0.5) is 31.9 Å². The van der Waals surface area contributed by atoms with Crippen LogP contribution in [0.5, 0.6) is 5.75 Å². The van der Waals surface area contributed by atoms with E-state index in [9.17, 15) is 23.3 Å². The molecule has 0 spiro atoms. The number of amides is 1. The number of methoxy groups -OCH3 is 1. The number of sulfone groups is 1. The number of halogens is 2. The number of piperidine rings is 1. The highest BCUT2D eigenvalue weighted by Gasteiger charge is 2.41. The number of nitro benzene ring substituents is 1. The topological polar surface area (TPSA) is 177 Å². The molecular weight excluding hydrogens is 707 g/mol. The monoisotopic (exact) mass is 744 g/mol. The van der Waals surface area contributed by atoms with Crippen molar-refractivity contribution < 1.29 is 31.7 Å². The molecule has 1 fully saturated rings. The molecule has 0 unspecified atom stereocenters. The first kappa shape index (κ1) is 37.4. The number of nitro groups is 1. The van der Waals surface area contributed by atoms with Crippen molar-refractivity contribution in [1.29, 1.82) is 0 Å². The van der Waals surface area contributed by atoms with Crippen LogP contribution in [0.3, 0.4) is 0 Å². The number of hydrogen-bond donors (Lipinski definition) is 2. The Morgan fingerprint density at radius 2 is 1.88 bits per heavy atom. The maximum absolute atomic E-state index is 15.8. The number of carbonyl (C=O) groups excluding carboxylic acids is 1. The predicted octanol–water partition coefficient (Wildman–Crippen LogP) is 6.00. The molecule has 2 aromatic carbocycles. The summed E-state index contributed by atoms with van der Waals surface area (Å²) in [5.41, 5.74) is -0.494. The standard InChI is InChI=1S/C33H38F2N8O6S2/c1-19-16-26(40-39-19)36-30-29(49-6)31(42-14-12-20(13-15-42)17-27(44)41(4)5)38-32(37-30)50-25-11-10-21(18-23(25)34)51(47,48)33(2,3)22-8-7-9-24(28(22)35)43(45)46/h7-11,16,18,20H,12-15,17H2,1-6H3,(H2,36,37,38,39,40). The smallest absolute Gasteiger partial charge is 0.305 e. The van der Waals surface area contributed by atoms with Gasteiger partial charge in [-0.3, -0.25) is 20.0 Å². The van der Waals surface area contributed by atoms with Crippen LogP contribution < -0.4 is 15.0 Å². The highest BCUT2D eigenvalue weighted by atomic mass is 32.2. The van der Waals surface area contributed by atoms with Crippen LogP contribution in [-0.4, -0.2) is 78.6 Å². The Bertz CT molecular complexity index is 2070. The van der Waals surface area contributed by atoms with Crippen molar-refractivity contribution in [2.24, 2.45) is 5.92 Å². The quantitative estimate of drug-likeness (QED) is 0.0984. The molecule has 0 atom stereocenters. The number of anilines is 3. The molecule has 272 valence electrons. The van der Waals surface area contributed by atoms with E-state index in [2.05, 4.69) is 20.5 Å². The second kappa shape index (κ2) is 14.8. The van der Waals surface area contributed by atoms with E-state index < -0.39 is 47.3 Å². The minimum absolute atomic E-state index is 0.00636. The maximum Gasteiger partial charge on any atom is 0.305 e. The summed E-state index contributed by atoms with van der Waals surface area (Å²) in [6.45, 7) is 5.39. The summed E-state index contributed by atoms with van der Waals surface area (Å²) in [6.07, 6.45) is 1.91. The second-order valence-corrected chi connectivity index (χ2v) is 16.3. The molecule has 1 amide bonds. The van der Waals surface area contributed by atoms with Gasteiger partial charge in [0.2, 0.25) is 17.5 Å². The highest BCUT2D eigenvalue weighted by Crippen LogP contribution is 2.42. The zero-order valence-electron chi connectivity index (χ0n) is 28.9. The van der Waals surface area contributed by atoms with Crippen molar-refractivity contribution in [1.82, 2.24) is 25.1 Å². The lowest BCUT2D eigenvalue weighted by Crippen LogP contribution is -2.36. The third kappa shape index (κ3) is 7.75. The summed E-state index contributed by atoms with van der Waals surface area (Å²) in [5, 5.41) is 21.6. The van der Waals surface area contributed by atoms with E-state index >= 15 is 8.78 Å². The van der Waals surface area contributed by atoms with Crippen LogP contribution in [0.1, 0.15) is 44.4 Å². The molecule has 5 rings (SSSR count). The molecule has 1 aliphatic heterocycles. The number of nitrogens with zero attached hydrogens (tertiary/aromatic N) is 6. The summed E-state index contributed by atoms with van der Waals surface area (Å²) in [4.78, 5) is 35.2. The Morgan fingerprint density at radius 3 is 2.47 bits per heavy atom. The van der Waals surface area contributed by atoms with Gasteiger partial charge in [0, 0.05) is 57.0 Å². The number of ether oxygens (including phenoxy) is 1. The Kier molecular flexibility index (Phi) is 10.9. The Balaban J connectivity index is 1.47. The van der Waals surface area contributed by atoms with Gasteiger partial charge in [0.15, 0.2) is 32.4 Å². The van der Waals surface area contributed by atoms with Crippen LogP contribution in [0.15, 0.2) is 57.4 Å². The fraction of sp³-hybridized carbons (Fsp3) is 0.394. The number of benzene rings is 2. The van der Waals surface area contributed by atoms with Gasteiger partial charge in [-0.25, -0.2) is 22.8 Å². The Labute approximate surface area is 298 Å². The van der Waals surface area contributed by atoms with Crippen LogP contribution in [0, 0.1) is 34.6 Å². The molecule has 4 aromatic rings. The first-order chi connectivity index (χ1) is 24.0. The van der Waals surface area contributed by atoms with Gasteiger partial charge in [0.25, 0.3) is 0 Å². The van der Waals surface area contributed by atoms with Crippen molar-refractivity contribution in [3.05, 3.63) is 75.5 Å². The van der Waals surface area contributed by atoms with Crippen LogP contribution >= 0.6 is 11.8 Å². The molecule has 2 aromatic heterocycles. The highest BCUT2D eigenvalue weighted by molar-refractivity contribution is 7.99. The van der Waals surface area contributed by atoms with Gasteiger partial charge < -0.3 is 19.9 Å².